The van der Waals surface area contributed by atoms with Crippen molar-refractivity contribution in [3.63, 3.8) is 0 Å². The molecular formula is C13H16N4O4S. The molecule has 0 bridgehead atoms. The quantitative estimate of drug-likeness (QED) is 0.433. The van der Waals surface area contributed by atoms with Gasteiger partial charge in [-0.3, -0.25) is 18.7 Å². The van der Waals surface area contributed by atoms with Crippen LogP contribution >= 0.6 is 11.8 Å². The predicted octanol–water partition coefficient (Wildman–Crippen LogP) is -0.115. The number of hydrogen-bond donors (Lipinski definition) is 0. The molecular weight excluding hydrogens is 308 g/mol. The van der Waals surface area contributed by atoms with Crippen molar-refractivity contribution in [1.29, 1.82) is 0 Å². The normalized spacial score (nSPS) is 10.9. The second-order valence-electron chi connectivity index (χ2n) is 4.54. The fourth-order valence-electron chi connectivity index (χ4n) is 2.02. The van der Waals surface area contributed by atoms with Crippen LogP contribution in [0.1, 0.15) is 0 Å². The van der Waals surface area contributed by atoms with Crippen LogP contribution in [0.4, 0.5) is 0 Å². The minimum Gasteiger partial charge on any atom is -0.468 e. The van der Waals surface area contributed by atoms with Crippen molar-refractivity contribution >= 4 is 28.9 Å². The van der Waals surface area contributed by atoms with Gasteiger partial charge in [-0.15, -0.1) is 6.58 Å². The first-order valence-corrected chi connectivity index (χ1v) is 7.37. The first kappa shape index (κ1) is 16.1. The summed E-state index contributed by atoms with van der Waals surface area (Å²) in [5.74, 6) is -0.338. The minimum absolute atomic E-state index is 0.0607. The SMILES string of the molecule is C=CCn1c(SCC(=O)OC)nc2c1c(=O)n(C)c(=O)n2C. The Bertz CT molecular complexity index is 862. The molecule has 9 heteroatoms. The zero-order valence-corrected chi connectivity index (χ0v) is 13.3. The van der Waals surface area contributed by atoms with Gasteiger partial charge in [-0.25, -0.2) is 9.78 Å². The van der Waals surface area contributed by atoms with Gasteiger partial charge in [0.25, 0.3) is 5.56 Å². The number of methoxy groups -OCH3 is 1. The minimum atomic E-state index is -0.453. The second-order valence-corrected chi connectivity index (χ2v) is 5.48. The zero-order chi connectivity index (χ0) is 16.4. The number of imidazole rings is 1. The molecule has 2 aromatic heterocycles. The summed E-state index contributed by atoms with van der Waals surface area (Å²) >= 11 is 1.14. The van der Waals surface area contributed by atoms with Gasteiger partial charge in [-0.2, -0.15) is 0 Å². The number of allylic oxidation sites excluding steroid dienone is 1. The number of carbonyl (C=O) groups is 1. The number of ether oxygens (including phenoxy) is 1. The van der Waals surface area contributed by atoms with Crippen LogP contribution in [0.5, 0.6) is 0 Å². The number of aryl methyl sites for hydroxylation is 1. The maximum Gasteiger partial charge on any atom is 0.332 e. The van der Waals surface area contributed by atoms with Crippen LogP contribution in [-0.2, 0) is 30.2 Å². The van der Waals surface area contributed by atoms with E-state index < -0.39 is 17.2 Å². The topological polar surface area (TPSA) is 88.1 Å². The van der Waals surface area contributed by atoms with E-state index in [-0.39, 0.29) is 11.4 Å². The highest BCUT2D eigenvalue weighted by Crippen LogP contribution is 2.21. The highest BCUT2D eigenvalue weighted by Gasteiger charge is 2.19. The first-order chi connectivity index (χ1) is 10.4. The van der Waals surface area contributed by atoms with Crippen LogP contribution in [0.2, 0.25) is 0 Å². The van der Waals surface area contributed by atoms with Gasteiger partial charge in [-0.1, -0.05) is 17.8 Å². The summed E-state index contributed by atoms with van der Waals surface area (Å²) in [6.45, 7) is 4.00. The Kier molecular flexibility index (Phi) is 4.55. The number of hydrogen-bond acceptors (Lipinski definition) is 6. The van der Waals surface area contributed by atoms with Gasteiger partial charge in [0.1, 0.15) is 0 Å². The molecule has 22 heavy (non-hydrogen) atoms. The van der Waals surface area contributed by atoms with Gasteiger partial charge in [0, 0.05) is 20.6 Å². The molecule has 0 atom stereocenters. The van der Waals surface area contributed by atoms with Crippen molar-refractivity contribution < 1.29 is 9.53 Å². The molecule has 0 N–H and O–H groups in total. The van der Waals surface area contributed by atoms with Crippen LogP contribution in [0.3, 0.4) is 0 Å². The molecule has 0 radical (unpaired) electrons. The number of thioether (sulfide) groups is 1. The van der Waals surface area contributed by atoms with Crippen molar-refractivity contribution in [2.75, 3.05) is 12.9 Å². The Hall–Kier alpha value is -2.29. The summed E-state index contributed by atoms with van der Waals surface area (Å²) in [5.41, 5.74) is -0.304. The molecule has 0 spiro atoms. The first-order valence-electron chi connectivity index (χ1n) is 6.39. The third kappa shape index (κ3) is 2.59. The summed E-state index contributed by atoms with van der Waals surface area (Å²) in [6, 6.07) is 0. The summed E-state index contributed by atoms with van der Waals surface area (Å²) in [6.07, 6.45) is 1.62. The Labute approximate surface area is 130 Å². The Balaban J connectivity index is 2.70. The van der Waals surface area contributed by atoms with Crippen molar-refractivity contribution in [1.82, 2.24) is 18.7 Å². The highest BCUT2D eigenvalue weighted by molar-refractivity contribution is 7.99. The van der Waals surface area contributed by atoms with Crippen molar-refractivity contribution in [2.24, 2.45) is 14.1 Å². The number of esters is 1. The lowest BCUT2D eigenvalue weighted by molar-refractivity contribution is -0.137. The number of rotatable bonds is 5. The summed E-state index contributed by atoms with van der Waals surface area (Å²) in [4.78, 5) is 39.9. The molecule has 0 saturated heterocycles. The van der Waals surface area contributed by atoms with E-state index in [9.17, 15) is 14.4 Å². The lowest BCUT2D eigenvalue weighted by atomic mass is 10.5. The number of nitrogens with zero attached hydrogens (tertiary/aromatic N) is 4. The molecule has 0 aliphatic heterocycles. The second kappa shape index (κ2) is 6.22. The largest absolute Gasteiger partial charge is 0.468 e. The molecule has 0 saturated carbocycles. The summed E-state index contributed by atoms with van der Waals surface area (Å²) in [7, 11) is 4.26. The molecule has 8 nitrogen and oxygen atoms in total. The summed E-state index contributed by atoms with van der Waals surface area (Å²) in [5, 5.41) is 0.457. The van der Waals surface area contributed by atoms with Gasteiger partial charge in [0.2, 0.25) is 0 Å². The molecule has 0 unspecified atom stereocenters. The maximum absolute atomic E-state index is 12.4. The van der Waals surface area contributed by atoms with E-state index in [1.165, 1.54) is 18.7 Å². The van der Waals surface area contributed by atoms with Crippen LogP contribution in [0.25, 0.3) is 11.2 Å². The van der Waals surface area contributed by atoms with E-state index >= 15 is 0 Å². The molecule has 2 aromatic rings. The summed E-state index contributed by atoms with van der Waals surface area (Å²) < 4.78 is 8.56. The Morgan fingerprint density at radius 2 is 2.05 bits per heavy atom. The van der Waals surface area contributed by atoms with E-state index in [4.69, 9.17) is 0 Å². The number of aromatic nitrogens is 4. The van der Waals surface area contributed by atoms with Crippen molar-refractivity contribution in [3.8, 4) is 0 Å². The van der Waals surface area contributed by atoms with Crippen molar-refractivity contribution in [2.45, 2.75) is 11.7 Å². The Morgan fingerprint density at radius 1 is 1.36 bits per heavy atom. The van der Waals surface area contributed by atoms with Crippen LogP contribution in [0, 0.1) is 0 Å². The molecule has 0 amide bonds. The fourth-order valence-corrected chi connectivity index (χ4v) is 2.86. The molecule has 0 aliphatic rings. The van der Waals surface area contributed by atoms with E-state index in [0.717, 1.165) is 16.3 Å². The van der Waals surface area contributed by atoms with Gasteiger partial charge < -0.3 is 9.30 Å². The predicted molar refractivity (Wildman–Crippen MR) is 83.2 cm³/mol. The average Bonchev–Trinajstić information content (AvgIpc) is 2.87. The smallest absolute Gasteiger partial charge is 0.332 e. The van der Waals surface area contributed by atoms with E-state index in [1.54, 1.807) is 17.7 Å². The third-order valence-corrected chi connectivity index (χ3v) is 4.12. The van der Waals surface area contributed by atoms with E-state index in [1.807, 2.05) is 0 Å². The number of carbonyl (C=O) groups excluding carboxylic acids is 1. The lowest BCUT2D eigenvalue weighted by Gasteiger charge is -2.06. The van der Waals surface area contributed by atoms with Crippen LogP contribution in [-0.4, -0.2) is 37.5 Å². The monoisotopic (exact) mass is 324 g/mol. The average molecular weight is 324 g/mol. The molecule has 118 valence electrons. The molecule has 2 heterocycles. The zero-order valence-electron chi connectivity index (χ0n) is 12.5. The lowest BCUT2D eigenvalue weighted by Crippen LogP contribution is -2.37. The van der Waals surface area contributed by atoms with Crippen LogP contribution < -0.4 is 11.2 Å². The molecule has 0 aromatic carbocycles. The van der Waals surface area contributed by atoms with Gasteiger partial charge >= 0.3 is 11.7 Å². The molecule has 0 aliphatic carbocycles. The third-order valence-electron chi connectivity index (χ3n) is 3.17. The van der Waals surface area contributed by atoms with E-state index in [2.05, 4.69) is 16.3 Å². The van der Waals surface area contributed by atoms with E-state index in [0.29, 0.717) is 17.2 Å². The fraction of sp³-hybridized carbons (Fsp3) is 0.385. The number of fused-ring (bicyclic) bond motifs is 1. The van der Waals surface area contributed by atoms with Gasteiger partial charge in [-0.05, 0) is 0 Å². The van der Waals surface area contributed by atoms with Crippen LogP contribution in [0.15, 0.2) is 27.4 Å². The molecule has 2 rings (SSSR count). The Morgan fingerprint density at radius 3 is 2.64 bits per heavy atom. The highest BCUT2D eigenvalue weighted by atomic mass is 32.2. The van der Waals surface area contributed by atoms with Crippen molar-refractivity contribution in [3.05, 3.63) is 33.5 Å². The van der Waals surface area contributed by atoms with Gasteiger partial charge in [0.05, 0.1) is 12.9 Å². The maximum atomic E-state index is 12.4. The molecule has 0 fully saturated rings. The standard InChI is InChI=1S/C13H16N4O4S/c1-5-6-17-9-10(14-12(17)22-7-8(18)21-4)15(2)13(20)16(3)11(9)19/h5H,1,6-7H2,2-4H3. The van der Waals surface area contributed by atoms with Gasteiger partial charge in [0.15, 0.2) is 16.3 Å².